The number of benzene rings is 2. The number of rotatable bonds is 6. The van der Waals surface area contributed by atoms with Gasteiger partial charge in [0.2, 0.25) is 0 Å². The summed E-state index contributed by atoms with van der Waals surface area (Å²) < 4.78 is 30.0. The summed E-state index contributed by atoms with van der Waals surface area (Å²) in [6.45, 7) is 2.02. The Morgan fingerprint density at radius 2 is 1.82 bits per heavy atom. The van der Waals surface area contributed by atoms with Crippen LogP contribution in [0.25, 0.3) is 10.9 Å². The smallest absolute Gasteiger partial charge is 0.259 e. The van der Waals surface area contributed by atoms with E-state index in [4.69, 9.17) is 0 Å². The number of aryl methyl sites for hydroxylation is 2. The van der Waals surface area contributed by atoms with E-state index in [0.717, 1.165) is 22.0 Å². The van der Waals surface area contributed by atoms with E-state index in [9.17, 15) is 8.42 Å². The molecular weight excluding hydrogens is 372 g/mol. The molecule has 28 heavy (non-hydrogen) atoms. The van der Waals surface area contributed by atoms with Crippen molar-refractivity contribution in [1.82, 2.24) is 19.3 Å². The number of aromatic amines is 1. The highest BCUT2D eigenvalue weighted by atomic mass is 32.2. The van der Waals surface area contributed by atoms with Crippen LogP contribution in [0, 0.1) is 6.92 Å². The lowest BCUT2D eigenvalue weighted by atomic mass is 9.91. The summed E-state index contributed by atoms with van der Waals surface area (Å²) >= 11 is 0. The van der Waals surface area contributed by atoms with Gasteiger partial charge in [-0.05, 0) is 24.1 Å². The molecular formula is C21H22N4O2S. The second-order valence-corrected chi connectivity index (χ2v) is 8.56. The molecule has 2 aromatic carbocycles. The fraction of sp³-hybridized carbons (Fsp3) is 0.190. The van der Waals surface area contributed by atoms with Crippen molar-refractivity contribution in [1.29, 1.82) is 0 Å². The number of imidazole rings is 1. The summed E-state index contributed by atoms with van der Waals surface area (Å²) in [6, 6.07) is 18.0. The lowest BCUT2D eigenvalue weighted by molar-refractivity contribution is 0.574. The Hall–Kier alpha value is -2.90. The lowest BCUT2D eigenvalue weighted by Gasteiger charge is -2.18. The topological polar surface area (TPSA) is 79.8 Å². The molecule has 0 saturated heterocycles. The molecule has 1 atom stereocenters. The highest BCUT2D eigenvalue weighted by Crippen LogP contribution is 2.30. The zero-order chi connectivity index (χ0) is 19.7. The van der Waals surface area contributed by atoms with Gasteiger partial charge in [0.05, 0.1) is 0 Å². The molecule has 144 valence electrons. The van der Waals surface area contributed by atoms with Crippen molar-refractivity contribution in [3.05, 3.63) is 83.9 Å². The van der Waals surface area contributed by atoms with E-state index in [-0.39, 0.29) is 17.5 Å². The maximum atomic E-state index is 12.8. The van der Waals surface area contributed by atoms with E-state index in [1.54, 1.807) is 18.5 Å². The van der Waals surface area contributed by atoms with Crippen LogP contribution < -0.4 is 4.72 Å². The molecule has 2 aromatic heterocycles. The van der Waals surface area contributed by atoms with Crippen LogP contribution in [-0.2, 0) is 17.1 Å². The minimum absolute atomic E-state index is 0.0400. The molecule has 0 aliphatic rings. The van der Waals surface area contributed by atoms with Crippen molar-refractivity contribution in [3.8, 4) is 0 Å². The van der Waals surface area contributed by atoms with Crippen LogP contribution in [0.5, 0.6) is 0 Å². The van der Waals surface area contributed by atoms with Crippen LogP contribution in [0.2, 0.25) is 0 Å². The van der Waals surface area contributed by atoms with Crippen molar-refractivity contribution in [3.63, 3.8) is 0 Å². The molecule has 4 rings (SSSR count). The molecule has 0 spiro atoms. The summed E-state index contributed by atoms with van der Waals surface area (Å²) in [6.07, 6.45) is 3.49. The van der Waals surface area contributed by atoms with Gasteiger partial charge in [-0.1, -0.05) is 48.5 Å². The first-order valence-corrected chi connectivity index (χ1v) is 10.5. The van der Waals surface area contributed by atoms with Crippen molar-refractivity contribution in [2.45, 2.75) is 17.9 Å². The summed E-state index contributed by atoms with van der Waals surface area (Å²) in [7, 11) is -1.92. The maximum absolute atomic E-state index is 12.8. The third kappa shape index (κ3) is 3.46. The predicted octanol–water partition coefficient (Wildman–Crippen LogP) is 3.32. The number of para-hydroxylation sites is 1. The van der Waals surface area contributed by atoms with Crippen molar-refractivity contribution in [2.75, 3.05) is 6.54 Å². The largest absolute Gasteiger partial charge is 0.361 e. The van der Waals surface area contributed by atoms with E-state index >= 15 is 0 Å². The van der Waals surface area contributed by atoms with Gasteiger partial charge in [-0.3, -0.25) is 0 Å². The highest BCUT2D eigenvalue weighted by Gasteiger charge is 2.23. The molecule has 6 nitrogen and oxygen atoms in total. The number of nitrogens with zero attached hydrogens (tertiary/aromatic N) is 2. The zero-order valence-corrected chi connectivity index (χ0v) is 16.6. The minimum Gasteiger partial charge on any atom is -0.361 e. The number of nitrogens with one attached hydrogen (secondary N) is 2. The van der Waals surface area contributed by atoms with Gasteiger partial charge < -0.3 is 9.55 Å². The average Bonchev–Trinajstić information content (AvgIpc) is 3.27. The van der Waals surface area contributed by atoms with E-state index in [1.807, 2.05) is 60.8 Å². The zero-order valence-electron chi connectivity index (χ0n) is 15.8. The van der Waals surface area contributed by atoms with Gasteiger partial charge in [0.1, 0.15) is 5.82 Å². The van der Waals surface area contributed by atoms with Crippen LogP contribution in [0.1, 0.15) is 22.9 Å². The van der Waals surface area contributed by atoms with Gasteiger partial charge in [-0.2, -0.15) is 0 Å². The van der Waals surface area contributed by atoms with Gasteiger partial charge >= 0.3 is 0 Å². The number of hydrogen-bond acceptors (Lipinski definition) is 3. The molecule has 0 bridgehead atoms. The van der Waals surface area contributed by atoms with Gasteiger partial charge in [-0.25, -0.2) is 18.1 Å². The molecule has 0 saturated carbocycles. The van der Waals surface area contributed by atoms with Gasteiger partial charge in [0, 0.05) is 42.8 Å². The van der Waals surface area contributed by atoms with Gasteiger partial charge in [0.15, 0.2) is 5.03 Å². The first kappa shape index (κ1) is 18.5. The summed E-state index contributed by atoms with van der Waals surface area (Å²) in [4.78, 5) is 7.44. The van der Waals surface area contributed by atoms with Crippen molar-refractivity contribution < 1.29 is 8.42 Å². The first-order chi connectivity index (χ1) is 13.5. The van der Waals surface area contributed by atoms with Gasteiger partial charge in [0.25, 0.3) is 10.0 Å². The monoisotopic (exact) mass is 394 g/mol. The predicted molar refractivity (Wildman–Crippen MR) is 110 cm³/mol. The van der Waals surface area contributed by atoms with Crippen molar-refractivity contribution in [2.24, 2.45) is 7.05 Å². The van der Waals surface area contributed by atoms with Crippen LogP contribution >= 0.6 is 0 Å². The average molecular weight is 395 g/mol. The van der Waals surface area contributed by atoms with Crippen LogP contribution in [0.3, 0.4) is 0 Å². The Balaban J connectivity index is 1.69. The van der Waals surface area contributed by atoms with Crippen LogP contribution in [0.4, 0.5) is 0 Å². The molecule has 0 radical (unpaired) electrons. The van der Waals surface area contributed by atoms with Crippen LogP contribution in [-0.4, -0.2) is 29.5 Å². The minimum atomic E-state index is -3.70. The fourth-order valence-electron chi connectivity index (χ4n) is 3.40. The van der Waals surface area contributed by atoms with E-state index in [1.165, 1.54) is 6.20 Å². The SMILES string of the molecule is Cc1nc(S(=O)(=O)NC[C@H](c2ccccc2)c2c[nH]c3ccccc23)cn1C. The lowest BCUT2D eigenvalue weighted by Crippen LogP contribution is -2.29. The first-order valence-electron chi connectivity index (χ1n) is 9.06. The Morgan fingerprint density at radius 1 is 1.11 bits per heavy atom. The molecule has 2 heterocycles. The standard InChI is InChI=1S/C21H22N4O2S/c1-15-24-21(14-25(15)2)28(26,27)23-13-18(16-8-4-3-5-9-16)19-12-22-20-11-7-6-10-17(19)20/h3-12,14,18,22-23H,13H2,1-2H3/t18-/m1/s1. The molecule has 0 unspecified atom stereocenters. The Morgan fingerprint density at radius 3 is 2.54 bits per heavy atom. The number of sulfonamides is 1. The number of fused-ring (bicyclic) bond motifs is 1. The number of aromatic nitrogens is 3. The quantitative estimate of drug-likeness (QED) is 0.526. The summed E-state index contributed by atoms with van der Waals surface area (Å²) in [5.74, 6) is 0.522. The molecule has 0 aliphatic carbocycles. The summed E-state index contributed by atoms with van der Waals surface area (Å²) in [5.41, 5.74) is 3.13. The second kappa shape index (κ2) is 7.26. The van der Waals surface area contributed by atoms with E-state index < -0.39 is 10.0 Å². The highest BCUT2D eigenvalue weighted by molar-refractivity contribution is 7.89. The molecule has 4 aromatic rings. The Labute approximate surface area is 164 Å². The molecule has 7 heteroatoms. The normalized spacial score (nSPS) is 13.1. The van der Waals surface area contributed by atoms with E-state index in [0.29, 0.717) is 5.82 Å². The van der Waals surface area contributed by atoms with Crippen LogP contribution in [0.15, 0.2) is 72.0 Å². The molecule has 2 N–H and O–H groups in total. The summed E-state index contributed by atoms with van der Waals surface area (Å²) in [5, 5.41) is 1.13. The fourth-order valence-corrected chi connectivity index (χ4v) is 4.48. The number of H-pyrrole nitrogens is 1. The maximum Gasteiger partial charge on any atom is 0.259 e. The molecule has 0 aliphatic heterocycles. The van der Waals surface area contributed by atoms with E-state index in [2.05, 4.69) is 14.7 Å². The third-order valence-electron chi connectivity index (χ3n) is 5.04. The number of hydrogen-bond donors (Lipinski definition) is 2. The third-order valence-corrected chi connectivity index (χ3v) is 6.33. The molecule has 0 amide bonds. The molecule has 0 fully saturated rings. The second-order valence-electron chi connectivity index (χ2n) is 6.84. The Bertz CT molecular complexity index is 1190. The Kier molecular flexibility index (Phi) is 4.78. The van der Waals surface area contributed by atoms with Gasteiger partial charge in [-0.15, -0.1) is 0 Å². The van der Waals surface area contributed by atoms with Crippen molar-refractivity contribution >= 4 is 20.9 Å².